The van der Waals surface area contributed by atoms with Gasteiger partial charge in [-0.25, -0.2) is 8.42 Å². The highest BCUT2D eigenvalue weighted by Gasteiger charge is 2.33. The van der Waals surface area contributed by atoms with Crippen molar-refractivity contribution in [3.8, 4) is 0 Å². The Morgan fingerprint density at radius 3 is 2.34 bits per heavy atom. The zero-order chi connectivity index (χ0) is 30.2. The summed E-state index contributed by atoms with van der Waals surface area (Å²) in [5.41, 5.74) is 0.957. The number of aliphatic hydroxyl groups is 2. The number of nitrogens with zero attached hydrogens (tertiary/aromatic N) is 2. The molecule has 2 aliphatic rings. The number of aliphatic hydroxyl groups excluding tert-OH is 2. The summed E-state index contributed by atoms with van der Waals surface area (Å²) in [6, 6.07) is 6.20. The van der Waals surface area contributed by atoms with Gasteiger partial charge >= 0.3 is 0 Å². The predicted octanol–water partition coefficient (Wildman–Crippen LogP) is 0.586. The number of benzene rings is 1. The van der Waals surface area contributed by atoms with Crippen LogP contribution in [0.3, 0.4) is 0 Å². The Kier molecular flexibility index (Phi) is 11.4. The van der Waals surface area contributed by atoms with E-state index in [0.29, 0.717) is 37.7 Å². The Balaban J connectivity index is 1.43. The summed E-state index contributed by atoms with van der Waals surface area (Å²) in [4.78, 5) is 38.7. The lowest BCUT2D eigenvalue weighted by molar-refractivity contribution is -0.139. The second-order valence-corrected chi connectivity index (χ2v) is 13.3. The summed E-state index contributed by atoms with van der Waals surface area (Å²) in [6.07, 6.45) is 5.72. The number of ketones is 1. The number of hydrogen-bond acceptors (Lipinski definition) is 8. The first-order chi connectivity index (χ1) is 19.3. The van der Waals surface area contributed by atoms with Gasteiger partial charge in [-0.3, -0.25) is 19.3 Å². The van der Waals surface area contributed by atoms with Crippen LogP contribution in [0, 0.1) is 11.3 Å². The van der Waals surface area contributed by atoms with Gasteiger partial charge in [0.1, 0.15) is 6.10 Å². The molecule has 11 nitrogen and oxygen atoms in total. The Morgan fingerprint density at radius 1 is 1.07 bits per heavy atom. The zero-order valence-electron chi connectivity index (χ0n) is 24.0. The summed E-state index contributed by atoms with van der Waals surface area (Å²) < 4.78 is 27.9. The van der Waals surface area contributed by atoms with E-state index in [4.69, 9.17) is 0 Å². The third kappa shape index (κ3) is 8.79. The highest BCUT2D eigenvalue weighted by atomic mass is 32.2. The van der Waals surface area contributed by atoms with Crippen molar-refractivity contribution < 1.29 is 33.0 Å². The van der Waals surface area contributed by atoms with E-state index in [0.717, 1.165) is 13.0 Å². The van der Waals surface area contributed by atoms with E-state index in [-0.39, 0.29) is 24.4 Å². The highest BCUT2D eigenvalue weighted by Crippen LogP contribution is 2.23. The number of amides is 2. The fourth-order valence-corrected chi connectivity index (χ4v) is 5.97. The maximum atomic E-state index is 13.2. The summed E-state index contributed by atoms with van der Waals surface area (Å²) in [5, 5.41) is 24.1. The van der Waals surface area contributed by atoms with Crippen LogP contribution in [0.25, 0.3) is 0 Å². The minimum absolute atomic E-state index is 0.0306. The molecule has 0 saturated carbocycles. The molecule has 0 bridgehead atoms. The summed E-state index contributed by atoms with van der Waals surface area (Å²) in [6.45, 7) is 7.75. The Bertz CT molecular complexity index is 1250. The number of rotatable bonds is 13. The van der Waals surface area contributed by atoms with Crippen molar-refractivity contribution >= 4 is 27.6 Å². The van der Waals surface area contributed by atoms with Gasteiger partial charge in [0.2, 0.25) is 21.7 Å². The number of sulfonamides is 1. The van der Waals surface area contributed by atoms with Crippen LogP contribution < -0.4 is 10.6 Å². The molecule has 2 amide bonds. The molecule has 1 aliphatic heterocycles. The molecule has 41 heavy (non-hydrogen) atoms. The molecule has 12 heteroatoms. The van der Waals surface area contributed by atoms with Gasteiger partial charge in [-0.2, -0.15) is 4.31 Å². The van der Waals surface area contributed by atoms with E-state index >= 15 is 0 Å². The third-order valence-electron chi connectivity index (χ3n) is 7.62. The third-order valence-corrected chi connectivity index (χ3v) is 9.53. The van der Waals surface area contributed by atoms with Crippen molar-refractivity contribution in [2.75, 3.05) is 45.9 Å². The van der Waals surface area contributed by atoms with Gasteiger partial charge < -0.3 is 20.8 Å². The number of Topliss-reactive ketones (excluding diaryl/α,β-unsaturated/α-hetero) is 1. The first-order valence-electron chi connectivity index (χ1n) is 13.9. The van der Waals surface area contributed by atoms with Gasteiger partial charge in [0.15, 0.2) is 0 Å². The van der Waals surface area contributed by atoms with Crippen molar-refractivity contribution in [1.82, 2.24) is 19.8 Å². The molecule has 1 aromatic carbocycles. The van der Waals surface area contributed by atoms with Crippen LogP contribution in [0.4, 0.5) is 0 Å². The summed E-state index contributed by atoms with van der Waals surface area (Å²) >= 11 is 0. The molecule has 3 rings (SSSR count). The van der Waals surface area contributed by atoms with Gasteiger partial charge in [0, 0.05) is 57.6 Å². The van der Waals surface area contributed by atoms with Crippen molar-refractivity contribution in [1.29, 1.82) is 0 Å². The van der Waals surface area contributed by atoms with Gasteiger partial charge in [-0.15, -0.1) is 0 Å². The van der Waals surface area contributed by atoms with Crippen molar-refractivity contribution in [3.63, 3.8) is 0 Å². The SMILES string of the molecule is CC1CC=CC=C1CN1CCN(S(=O)(=O)c2ccc(CNC(=O)C(=O)CCNC(=O)[C@H](O)C(C)(C)CO)cc2)CC1. The largest absolute Gasteiger partial charge is 0.396 e. The normalized spacial score (nSPS) is 19.3. The van der Waals surface area contributed by atoms with E-state index in [2.05, 4.69) is 40.7 Å². The molecule has 0 spiro atoms. The molecule has 1 aromatic rings. The van der Waals surface area contributed by atoms with Crippen molar-refractivity contribution in [2.24, 2.45) is 11.3 Å². The lowest BCUT2D eigenvalue weighted by atomic mass is 9.87. The molecular weight excluding hydrogens is 548 g/mol. The number of hydrogen-bond donors (Lipinski definition) is 4. The van der Waals surface area contributed by atoms with Crippen molar-refractivity contribution in [3.05, 3.63) is 53.6 Å². The smallest absolute Gasteiger partial charge is 0.287 e. The maximum Gasteiger partial charge on any atom is 0.287 e. The molecule has 1 heterocycles. The van der Waals surface area contributed by atoms with Crippen molar-refractivity contribution in [2.45, 2.75) is 51.2 Å². The van der Waals surface area contributed by atoms with Gasteiger partial charge in [-0.05, 0) is 30.0 Å². The molecule has 226 valence electrons. The second kappa shape index (κ2) is 14.3. The van der Waals surface area contributed by atoms with Gasteiger partial charge in [-0.1, -0.05) is 56.7 Å². The zero-order valence-corrected chi connectivity index (χ0v) is 24.8. The van der Waals surface area contributed by atoms with E-state index in [1.807, 2.05) is 0 Å². The summed E-state index contributed by atoms with van der Waals surface area (Å²) in [5.74, 6) is -1.82. The van der Waals surface area contributed by atoms with E-state index in [1.165, 1.54) is 35.9 Å². The lowest BCUT2D eigenvalue weighted by Gasteiger charge is -2.35. The van der Waals surface area contributed by atoms with Crippen LogP contribution in [-0.2, 0) is 31.0 Å². The first kappa shape index (κ1) is 32.6. The number of allylic oxidation sites excluding steroid dienone is 3. The molecular formula is C29H42N4O7S. The van der Waals surface area contributed by atoms with E-state index in [9.17, 15) is 33.0 Å². The minimum atomic E-state index is -3.65. The number of carbonyl (C=O) groups excluding carboxylic acids is 3. The average molecular weight is 591 g/mol. The second-order valence-electron chi connectivity index (χ2n) is 11.3. The molecule has 0 radical (unpaired) electrons. The fraction of sp³-hybridized carbons (Fsp3) is 0.552. The molecule has 1 saturated heterocycles. The standard InChI is InChI=1S/C29H42N4O7S/c1-21-6-4-5-7-23(21)19-32-14-16-33(17-15-32)41(39,40)24-10-8-22(9-11-24)18-31-27(37)25(35)12-13-30-28(38)26(36)29(2,3)20-34/h4-5,7-11,21,26,34,36H,6,12-20H2,1-3H3,(H,30,38)(H,31,37)/t21?,26-/m0/s1. The molecule has 1 unspecified atom stereocenters. The first-order valence-corrected chi connectivity index (χ1v) is 15.3. The van der Waals surface area contributed by atoms with Crippen LogP contribution in [0.2, 0.25) is 0 Å². The fourth-order valence-electron chi connectivity index (χ4n) is 4.54. The Labute approximate surface area is 242 Å². The Hall–Kier alpha value is -2.90. The maximum absolute atomic E-state index is 13.2. The monoisotopic (exact) mass is 590 g/mol. The van der Waals surface area contributed by atoms with Crippen LogP contribution in [0.1, 0.15) is 39.2 Å². The Morgan fingerprint density at radius 2 is 1.73 bits per heavy atom. The minimum Gasteiger partial charge on any atom is -0.396 e. The van der Waals surface area contributed by atoms with Gasteiger partial charge in [0.05, 0.1) is 11.5 Å². The van der Waals surface area contributed by atoms with Crippen LogP contribution >= 0.6 is 0 Å². The van der Waals surface area contributed by atoms with Crippen LogP contribution in [0.5, 0.6) is 0 Å². The number of piperazine rings is 1. The molecule has 1 aliphatic carbocycles. The molecule has 4 N–H and O–H groups in total. The molecule has 0 aromatic heterocycles. The topological polar surface area (TPSA) is 156 Å². The summed E-state index contributed by atoms with van der Waals surface area (Å²) in [7, 11) is -3.65. The van der Waals surface area contributed by atoms with Crippen LogP contribution in [-0.4, -0.2) is 97.4 Å². The van der Waals surface area contributed by atoms with E-state index in [1.54, 1.807) is 12.1 Å². The van der Waals surface area contributed by atoms with Crippen LogP contribution in [0.15, 0.2) is 53.0 Å². The predicted molar refractivity (Wildman–Crippen MR) is 154 cm³/mol. The molecule has 2 atom stereocenters. The van der Waals surface area contributed by atoms with E-state index < -0.39 is 45.7 Å². The quantitative estimate of drug-likeness (QED) is 0.243. The van der Waals surface area contributed by atoms with Gasteiger partial charge in [0.25, 0.3) is 5.91 Å². The lowest BCUT2D eigenvalue weighted by Crippen LogP contribution is -2.49. The number of nitrogens with one attached hydrogen (secondary N) is 2. The highest BCUT2D eigenvalue weighted by molar-refractivity contribution is 7.89. The molecule has 1 fully saturated rings. The average Bonchev–Trinajstić information content (AvgIpc) is 2.97. The number of carbonyl (C=O) groups is 3.